The highest BCUT2D eigenvalue weighted by Crippen LogP contribution is 2.22. The lowest BCUT2D eigenvalue weighted by molar-refractivity contribution is -0.136. The van der Waals surface area contributed by atoms with E-state index in [1.807, 2.05) is 35.2 Å². The highest BCUT2D eigenvalue weighted by atomic mass is 16.5. The van der Waals surface area contributed by atoms with E-state index in [1.165, 1.54) is 0 Å². The van der Waals surface area contributed by atoms with Crippen LogP contribution in [-0.4, -0.2) is 78.8 Å². The molecule has 1 amide bonds. The van der Waals surface area contributed by atoms with Gasteiger partial charge in [0, 0.05) is 32.2 Å². The molecule has 160 valence electrons. The fourth-order valence-electron chi connectivity index (χ4n) is 4.79. The van der Waals surface area contributed by atoms with Crippen LogP contribution in [0.1, 0.15) is 33.1 Å². The number of carbonyl (C=O) groups excluding carboxylic acids is 1. The van der Waals surface area contributed by atoms with Gasteiger partial charge in [0.05, 0.1) is 18.2 Å². The molecule has 29 heavy (non-hydrogen) atoms. The van der Waals surface area contributed by atoms with Crippen molar-refractivity contribution in [2.45, 2.75) is 63.4 Å². The summed E-state index contributed by atoms with van der Waals surface area (Å²) in [5, 5.41) is 0. The molecule has 0 radical (unpaired) electrons. The van der Waals surface area contributed by atoms with Crippen LogP contribution in [0.3, 0.4) is 0 Å². The summed E-state index contributed by atoms with van der Waals surface area (Å²) in [6.07, 6.45) is 3.44. The van der Waals surface area contributed by atoms with Gasteiger partial charge in [-0.25, -0.2) is 5.43 Å². The number of rotatable bonds is 5. The van der Waals surface area contributed by atoms with Crippen LogP contribution in [0.4, 0.5) is 0 Å². The molecule has 1 aromatic rings. The quantitative estimate of drug-likeness (QED) is 0.776. The molecule has 0 aromatic heterocycles. The molecule has 7 heteroatoms. The van der Waals surface area contributed by atoms with Crippen LogP contribution < -0.4 is 15.6 Å². The molecule has 0 saturated carbocycles. The van der Waals surface area contributed by atoms with Gasteiger partial charge in [0.1, 0.15) is 18.4 Å². The van der Waals surface area contributed by atoms with Gasteiger partial charge in [-0.15, -0.1) is 0 Å². The molecule has 3 saturated heterocycles. The smallest absolute Gasteiger partial charge is 0.241 e. The first-order valence-electron chi connectivity index (χ1n) is 11.0. The van der Waals surface area contributed by atoms with Crippen LogP contribution in [-0.2, 0) is 9.53 Å². The normalized spacial score (nSPS) is 31.7. The van der Waals surface area contributed by atoms with Crippen molar-refractivity contribution in [1.82, 2.24) is 20.7 Å². The number of piperidine rings is 1. The Balaban J connectivity index is 1.21. The number of nitrogens with zero attached hydrogens (tertiary/aromatic N) is 2. The minimum Gasteiger partial charge on any atom is -0.492 e. The number of nitrogens with one attached hydrogen (secondary N) is 2. The zero-order chi connectivity index (χ0) is 20.2. The molecule has 3 heterocycles. The lowest BCUT2D eigenvalue weighted by atomic mass is 10.00. The Hall–Kier alpha value is -1.67. The molecule has 2 N–H and O–H groups in total. The third-order valence-corrected chi connectivity index (χ3v) is 6.21. The third kappa shape index (κ3) is 5.28. The summed E-state index contributed by atoms with van der Waals surface area (Å²) in [7, 11) is 0. The maximum atomic E-state index is 13.0. The van der Waals surface area contributed by atoms with E-state index in [9.17, 15) is 4.79 Å². The van der Waals surface area contributed by atoms with E-state index in [2.05, 4.69) is 29.6 Å². The number of benzene rings is 1. The van der Waals surface area contributed by atoms with E-state index in [4.69, 9.17) is 9.47 Å². The Morgan fingerprint density at radius 2 is 1.79 bits per heavy atom. The van der Waals surface area contributed by atoms with Gasteiger partial charge in [-0.2, -0.15) is 0 Å². The zero-order valence-corrected chi connectivity index (χ0v) is 17.5. The molecule has 3 aliphatic heterocycles. The Bertz CT molecular complexity index is 655. The number of amides is 1. The Kier molecular flexibility index (Phi) is 6.70. The van der Waals surface area contributed by atoms with Crippen molar-refractivity contribution in [1.29, 1.82) is 0 Å². The predicted octanol–water partition coefficient (Wildman–Crippen LogP) is 1.40. The number of likely N-dealkylation sites (tertiary alicyclic amines) is 1. The number of hydrogen-bond acceptors (Lipinski definition) is 6. The largest absolute Gasteiger partial charge is 0.492 e. The predicted molar refractivity (Wildman–Crippen MR) is 112 cm³/mol. The van der Waals surface area contributed by atoms with E-state index in [-0.39, 0.29) is 18.0 Å². The number of morpholine rings is 1. The van der Waals surface area contributed by atoms with Crippen molar-refractivity contribution in [3.05, 3.63) is 30.3 Å². The summed E-state index contributed by atoms with van der Waals surface area (Å²) in [5.74, 6) is 1.07. The van der Waals surface area contributed by atoms with Crippen molar-refractivity contribution in [2.24, 2.45) is 0 Å². The summed E-state index contributed by atoms with van der Waals surface area (Å²) < 4.78 is 11.7. The molecule has 0 bridgehead atoms. The first-order chi connectivity index (χ1) is 14.1. The van der Waals surface area contributed by atoms with Gasteiger partial charge in [0.25, 0.3) is 0 Å². The molecular formula is C22H34N4O3. The van der Waals surface area contributed by atoms with E-state index in [1.54, 1.807) is 0 Å². The Morgan fingerprint density at radius 3 is 2.48 bits per heavy atom. The molecule has 0 aliphatic carbocycles. The molecule has 2 unspecified atom stereocenters. The van der Waals surface area contributed by atoms with Crippen molar-refractivity contribution in [2.75, 3.05) is 32.8 Å². The summed E-state index contributed by atoms with van der Waals surface area (Å²) in [4.78, 5) is 17.6. The van der Waals surface area contributed by atoms with Crippen LogP contribution >= 0.6 is 0 Å². The van der Waals surface area contributed by atoms with Crippen LogP contribution in [0.25, 0.3) is 0 Å². The summed E-state index contributed by atoms with van der Waals surface area (Å²) >= 11 is 0. The zero-order valence-electron chi connectivity index (χ0n) is 17.5. The van der Waals surface area contributed by atoms with Gasteiger partial charge in [-0.3, -0.25) is 15.1 Å². The fraction of sp³-hybridized carbons (Fsp3) is 0.682. The van der Waals surface area contributed by atoms with Crippen molar-refractivity contribution in [3.8, 4) is 5.75 Å². The molecule has 7 nitrogen and oxygen atoms in total. The molecule has 4 atom stereocenters. The van der Waals surface area contributed by atoms with Gasteiger partial charge in [0.2, 0.25) is 5.91 Å². The maximum absolute atomic E-state index is 13.0. The Labute approximate surface area is 173 Å². The van der Waals surface area contributed by atoms with E-state index in [0.29, 0.717) is 24.9 Å². The van der Waals surface area contributed by atoms with Crippen molar-refractivity contribution in [3.63, 3.8) is 0 Å². The second-order valence-corrected chi connectivity index (χ2v) is 8.67. The average molecular weight is 403 g/mol. The van der Waals surface area contributed by atoms with Crippen LogP contribution in [0, 0.1) is 0 Å². The molecule has 0 spiro atoms. The van der Waals surface area contributed by atoms with Crippen LogP contribution in [0.5, 0.6) is 5.75 Å². The molecule has 1 aromatic carbocycles. The van der Waals surface area contributed by atoms with Crippen molar-refractivity contribution < 1.29 is 14.3 Å². The van der Waals surface area contributed by atoms with Gasteiger partial charge in [-0.05, 0) is 45.2 Å². The first kappa shape index (κ1) is 20.6. The number of para-hydroxylation sites is 1. The summed E-state index contributed by atoms with van der Waals surface area (Å²) in [5.41, 5.74) is 6.40. The number of hydrazine groups is 1. The lowest BCUT2D eigenvalue weighted by Crippen LogP contribution is -2.55. The van der Waals surface area contributed by atoms with Crippen LogP contribution in [0.15, 0.2) is 30.3 Å². The topological polar surface area (TPSA) is 66.1 Å². The second-order valence-electron chi connectivity index (χ2n) is 8.67. The first-order valence-corrected chi connectivity index (χ1v) is 11.0. The average Bonchev–Trinajstić information content (AvgIpc) is 3.21. The van der Waals surface area contributed by atoms with Crippen molar-refractivity contribution >= 4 is 5.91 Å². The summed E-state index contributed by atoms with van der Waals surface area (Å²) in [6.45, 7) is 8.53. The molecule has 3 aliphatic rings. The van der Waals surface area contributed by atoms with Crippen LogP contribution in [0.2, 0.25) is 0 Å². The fourth-order valence-corrected chi connectivity index (χ4v) is 4.79. The summed E-state index contributed by atoms with van der Waals surface area (Å²) in [6, 6.07) is 10.3. The van der Waals surface area contributed by atoms with Gasteiger partial charge in [-0.1, -0.05) is 18.2 Å². The minimum atomic E-state index is -0.167. The van der Waals surface area contributed by atoms with Gasteiger partial charge >= 0.3 is 0 Å². The highest BCUT2D eigenvalue weighted by molar-refractivity contribution is 5.82. The van der Waals surface area contributed by atoms with E-state index >= 15 is 0 Å². The third-order valence-electron chi connectivity index (χ3n) is 6.21. The SMILES string of the molecule is C[C@@H]1CN(C2CCN(C(=O)C3CC(COc4ccccc4)NN3)CC2)C[C@H](C)O1. The van der Waals surface area contributed by atoms with Gasteiger partial charge < -0.3 is 14.4 Å². The number of hydrogen-bond donors (Lipinski definition) is 2. The molecule has 3 fully saturated rings. The number of carbonyl (C=O) groups is 1. The lowest BCUT2D eigenvalue weighted by Gasteiger charge is -2.43. The molecular weight excluding hydrogens is 368 g/mol. The number of ether oxygens (including phenoxy) is 2. The highest BCUT2D eigenvalue weighted by Gasteiger charge is 2.36. The standard InChI is InChI=1S/C22H34N4O3/c1-16-13-26(14-17(2)29-16)19-8-10-25(11-9-19)22(27)21-12-18(23-24-21)15-28-20-6-4-3-5-7-20/h3-7,16-19,21,23-24H,8-15H2,1-2H3/t16-,17+,18?,21?. The monoisotopic (exact) mass is 402 g/mol. The molecule has 4 rings (SSSR count). The Morgan fingerprint density at radius 1 is 1.10 bits per heavy atom. The second kappa shape index (κ2) is 9.43. The van der Waals surface area contributed by atoms with Gasteiger partial charge in [0.15, 0.2) is 0 Å². The minimum absolute atomic E-state index is 0.137. The maximum Gasteiger partial charge on any atom is 0.241 e. The van der Waals surface area contributed by atoms with E-state index < -0.39 is 0 Å². The van der Waals surface area contributed by atoms with E-state index in [0.717, 1.165) is 51.2 Å².